The number of oxazole rings is 2. The first-order chi connectivity index (χ1) is 18.3. The molecule has 0 saturated carbocycles. The molecule has 4 heterocycles. The van der Waals surface area contributed by atoms with E-state index in [1.54, 1.807) is 11.3 Å². The van der Waals surface area contributed by atoms with Gasteiger partial charge in [-0.3, -0.25) is 4.98 Å². The molecule has 176 valence electrons. The Hall–Kier alpha value is -4.81. The number of hydrogen-bond acceptors (Lipinski definition) is 6. The lowest BCUT2D eigenvalue weighted by molar-refractivity contribution is 0.550. The zero-order chi connectivity index (χ0) is 24.6. The van der Waals surface area contributed by atoms with Crippen molar-refractivity contribution in [2.75, 3.05) is 0 Å². The summed E-state index contributed by atoms with van der Waals surface area (Å²) in [6.07, 6.45) is 1.81. The molecule has 4 aromatic carbocycles. The highest BCUT2D eigenvalue weighted by molar-refractivity contribution is 7.22. The van der Waals surface area contributed by atoms with Crippen LogP contribution in [0.1, 0.15) is 0 Å². The van der Waals surface area contributed by atoms with Gasteiger partial charge in [0.25, 0.3) is 11.8 Å². The van der Waals surface area contributed by atoms with E-state index in [0.717, 1.165) is 33.3 Å². The predicted octanol–water partition coefficient (Wildman–Crippen LogP) is 8.75. The van der Waals surface area contributed by atoms with Crippen molar-refractivity contribution in [3.8, 4) is 22.2 Å². The summed E-state index contributed by atoms with van der Waals surface area (Å²) in [5, 5.41) is 2.43. The molecule has 8 rings (SSSR count). The van der Waals surface area contributed by atoms with Crippen molar-refractivity contribution in [1.82, 2.24) is 15.0 Å². The Balaban J connectivity index is 0.000000194. The lowest BCUT2D eigenvalue weighted by Crippen LogP contribution is -1.78. The highest BCUT2D eigenvalue weighted by Gasteiger charge is 2.18. The minimum atomic E-state index is 0.398. The van der Waals surface area contributed by atoms with Gasteiger partial charge in [-0.05, 0) is 47.9 Å². The Morgan fingerprint density at radius 3 is 2.14 bits per heavy atom. The van der Waals surface area contributed by atoms with Crippen molar-refractivity contribution >= 4 is 54.5 Å². The van der Waals surface area contributed by atoms with Crippen LogP contribution in [0.2, 0.25) is 0 Å². The first-order valence-corrected chi connectivity index (χ1v) is 12.7. The van der Waals surface area contributed by atoms with E-state index in [9.17, 15) is 0 Å². The molecular formula is C31H19N3O2S. The lowest BCUT2D eigenvalue weighted by Gasteiger charge is -1.96. The third-order valence-electron chi connectivity index (χ3n) is 6.10. The van der Waals surface area contributed by atoms with Gasteiger partial charge in [0.15, 0.2) is 11.2 Å². The summed E-state index contributed by atoms with van der Waals surface area (Å²) in [6, 6.07) is 36.3. The fourth-order valence-corrected chi connectivity index (χ4v) is 5.42. The Kier molecular flexibility index (Phi) is 5.22. The maximum Gasteiger partial charge on any atom is 0.284 e. The molecule has 0 spiro atoms. The van der Waals surface area contributed by atoms with Crippen molar-refractivity contribution in [1.29, 1.82) is 0 Å². The highest BCUT2D eigenvalue weighted by atomic mass is 32.1. The third-order valence-corrected chi connectivity index (χ3v) is 7.25. The van der Waals surface area contributed by atoms with Gasteiger partial charge in [0.05, 0.1) is 5.52 Å². The highest BCUT2D eigenvalue weighted by Crippen LogP contribution is 2.38. The molecule has 0 unspecified atom stereocenters. The molecule has 0 amide bonds. The molecule has 8 aromatic rings. The Morgan fingerprint density at radius 1 is 0.568 bits per heavy atom. The molecule has 6 heteroatoms. The number of pyridine rings is 1. The molecule has 0 aliphatic carbocycles. The van der Waals surface area contributed by atoms with Gasteiger partial charge in [-0.1, -0.05) is 66.7 Å². The number of nitrogens with zero attached hydrogens (tertiary/aromatic N) is 3. The van der Waals surface area contributed by atoms with Crippen molar-refractivity contribution in [3.05, 3.63) is 115 Å². The van der Waals surface area contributed by atoms with Crippen LogP contribution >= 0.6 is 11.3 Å². The second kappa shape index (κ2) is 9.00. The van der Waals surface area contributed by atoms with E-state index in [4.69, 9.17) is 13.8 Å². The number of hydrogen-bond donors (Lipinski definition) is 0. The van der Waals surface area contributed by atoms with Crippen LogP contribution in [0.3, 0.4) is 0 Å². The largest absolute Gasteiger partial charge is 0.432 e. The van der Waals surface area contributed by atoms with Crippen LogP contribution in [0.5, 0.6) is 0 Å². The Bertz CT molecular complexity index is 1890. The van der Waals surface area contributed by atoms with E-state index >= 15 is 0 Å². The van der Waals surface area contributed by atoms with E-state index in [0.29, 0.717) is 11.8 Å². The number of thiophene rings is 1. The van der Waals surface area contributed by atoms with E-state index in [1.165, 1.54) is 20.3 Å². The molecule has 0 aliphatic rings. The van der Waals surface area contributed by atoms with Crippen LogP contribution in [0.4, 0.5) is 0 Å². The first kappa shape index (κ1) is 21.5. The van der Waals surface area contributed by atoms with Crippen LogP contribution in [0.25, 0.3) is 65.4 Å². The zero-order valence-corrected chi connectivity index (χ0v) is 20.4. The second-order valence-electron chi connectivity index (χ2n) is 8.50. The van der Waals surface area contributed by atoms with Crippen molar-refractivity contribution in [3.63, 3.8) is 0 Å². The minimum absolute atomic E-state index is 0.398. The van der Waals surface area contributed by atoms with Gasteiger partial charge in [0.2, 0.25) is 0 Å². The zero-order valence-electron chi connectivity index (χ0n) is 19.5. The fraction of sp³-hybridized carbons (Fsp3) is 0. The molecule has 5 nitrogen and oxygen atoms in total. The topological polar surface area (TPSA) is 65.0 Å². The predicted molar refractivity (Wildman–Crippen MR) is 150 cm³/mol. The van der Waals surface area contributed by atoms with E-state index < -0.39 is 0 Å². The van der Waals surface area contributed by atoms with E-state index in [1.807, 2.05) is 66.9 Å². The van der Waals surface area contributed by atoms with Crippen LogP contribution in [0, 0.1) is 0 Å². The minimum Gasteiger partial charge on any atom is -0.432 e. The summed E-state index contributed by atoms with van der Waals surface area (Å²) in [5.74, 6) is 0.796. The molecular weight excluding hydrogens is 478 g/mol. The Morgan fingerprint density at radius 2 is 1.27 bits per heavy atom. The molecule has 0 aliphatic heterocycles. The summed E-state index contributed by atoms with van der Waals surface area (Å²) in [5.41, 5.74) is 5.17. The van der Waals surface area contributed by atoms with Gasteiger partial charge in [0.1, 0.15) is 11.0 Å². The molecule has 4 aromatic heterocycles. The second-order valence-corrected chi connectivity index (χ2v) is 9.59. The number of fused-ring (bicyclic) bond motifs is 4. The van der Waals surface area contributed by atoms with Gasteiger partial charge in [-0.15, -0.1) is 11.3 Å². The number of rotatable bonds is 2. The molecule has 0 bridgehead atoms. The summed E-state index contributed by atoms with van der Waals surface area (Å²) in [6.45, 7) is 0. The van der Waals surface area contributed by atoms with Crippen molar-refractivity contribution < 1.29 is 8.83 Å². The first-order valence-electron chi connectivity index (χ1n) is 11.9. The standard InChI is InChI=1S/C22H12N2O2S.C9H7N/c1-4-11-18-13(6-1)12-19(27-18)14-7-5-10-17-20(14)24-22(26-17)21-23-15-8-2-3-9-16(15)25-21;1-2-6-9-8(4-1)5-3-7-10-9/h1-12H;1-7H. The number of aromatic nitrogens is 3. The maximum atomic E-state index is 5.96. The van der Waals surface area contributed by atoms with Crippen LogP contribution in [-0.4, -0.2) is 15.0 Å². The Labute approximate surface area is 215 Å². The van der Waals surface area contributed by atoms with Crippen LogP contribution < -0.4 is 0 Å². The summed E-state index contributed by atoms with van der Waals surface area (Å²) in [7, 11) is 0. The monoisotopic (exact) mass is 497 g/mol. The van der Waals surface area contributed by atoms with Gasteiger partial charge >= 0.3 is 0 Å². The van der Waals surface area contributed by atoms with E-state index in [2.05, 4.69) is 58.5 Å². The average molecular weight is 498 g/mol. The van der Waals surface area contributed by atoms with Gasteiger partial charge < -0.3 is 8.83 Å². The lowest BCUT2D eigenvalue weighted by atomic mass is 10.1. The molecule has 0 atom stereocenters. The average Bonchev–Trinajstić information content (AvgIpc) is 3.69. The summed E-state index contributed by atoms with van der Waals surface area (Å²) < 4.78 is 13.0. The van der Waals surface area contributed by atoms with E-state index in [-0.39, 0.29) is 0 Å². The van der Waals surface area contributed by atoms with Crippen LogP contribution in [-0.2, 0) is 0 Å². The summed E-state index contributed by atoms with van der Waals surface area (Å²) in [4.78, 5) is 14.6. The fourth-order valence-electron chi connectivity index (χ4n) is 4.33. The molecule has 0 fully saturated rings. The molecule has 0 radical (unpaired) electrons. The molecule has 0 N–H and O–H groups in total. The van der Waals surface area contributed by atoms with Gasteiger partial charge in [-0.2, -0.15) is 0 Å². The SMILES string of the molecule is c1ccc2ncccc2c1.c1ccc2sc(-c3cccc4oc(-c5nc6ccccc6o5)nc34)cc2c1. The molecule has 0 saturated heterocycles. The van der Waals surface area contributed by atoms with Gasteiger partial charge in [-0.25, -0.2) is 9.97 Å². The normalized spacial score (nSPS) is 11.2. The van der Waals surface area contributed by atoms with Crippen molar-refractivity contribution in [2.45, 2.75) is 0 Å². The maximum absolute atomic E-state index is 5.96. The molecule has 37 heavy (non-hydrogen) atoms. The number of para-hydroxylation sites is 4. The number of benzene rings is 4. The smallest absolute Gasteiger partial charge is 0.284 e. The van der Waals surface area contributed by atoms with Crippen LogP contribution in [0.15, 0.2) is 124 Å². The quantitative estimate of drug-likeness (QED) is 0.239. The van der Waals surface area contributed by atoms with Gasteiger partial charge in [0, 0.05) is 26.7 Å². The summed E-state index contributed by atoms with van der Waals surface area (Å²) >= 11 is 1.75. The third kappa shape index (κ3) is 4.03. The van der Waals surface area contributed by atoms with Crippen molar-refractivity contribution in [2.24, 2.45) is 0 Å².